The first-order valence-corrected chi connectivity index (χ1v) is 19.3. The van der Waals surface area contributed by atoms with Crippen LogP contribution in [-0.2, 0) is 26.2 Å². The van der Waals surface area contributed by atoms with Crippen LogP contribution in [0.5, 0.6) is 5.75 Å². The summed E-state index contributed by atoms with van der Waals surface area (Å²) in [4.78, 5) is 0. The van der Waals surface area contributed by atoms with E-state index < -0.39 is 16.4 Å². The first-order chi connectivity index (χ1) is 17.3. The van der Waals surface area contributed by atoms with Crippen LogP contribution >= 0.6 is 0 Å². The Hall–Kier alpha value is -1.68. The molecule has 198 valence electrons. The Kier molecular flexibility index (Phi) is 9.84. The maximum atomic E-state index is 6.90. The van der Waals surface area contributed by atoms with Crippen molar-refractivity contribution in [1.82, 2.24) is 0 Å². The molecule has 0 amide bonds. The Labute approximate surface area is 265 Å². The zero-order valence-electron chi connectivity index (χ0n) is 23.2. The van der Waals surface area contributed by atoms with E-state index in [0.717, 1.165) is 12.2 Å². The number of rotatable bonds is 6. The van der Waals surface area contributed by atoms with Crippen LogP contribution < -0.4 is 39.6 Å². The topological polar surface area (TPSA) is 9.23 Å². The summed E-state index contributed by atoms with van der Waals surface area (Å²) in [6.07, 6.45) is 1.16. The van der Waals surface area contributed by atoms with Gasteiger partial charge in [-0.05, 0) is 25.7 Å². The van der Waals surface area contributed by atoms with Crippen LogP contribution in [0.1, 0.15) is 13.3 Å². The molecule has 6 aromatic carbocycles. The molecule has 0 radical (unpaired) electrons. The Morgan fingerprint density at radius 1 is 0.641 bits per heavy atom. The summed E-state index contributed by atoms with van der Waals surface area (Å²) in [5, 5.41) is 13.9. The molecular weight excluding hydrogens is 631 g/mol. The zero-order valence-corrected chi connectivity index (χ0v) is 29.2. The molecule has 1 atom stereocenters. The van der Waals surface area contributed by atoms with Crippen LogP contribution in [-0.4, -0.2) is 16.4 Å². The van der Waals surface area contributed by atoms with Gasteiger partial charge >= 0.3 is 26.2 Å². The molecule has 0 fully saturated rings. The van der Waals surface area contributed by atoms with Crippen molar-refractivity contribution in [2.45, 2.75) is 45.6 Å². The molecule has 0 saturated carbocycles. The van der Waals surface area contributed by atoms with Gasteiger partial charge in [-0.25, -0.2) is 0 Å². The van der Waals surface area contributed by atoms with E-state index in [4.69, 9.17) is 4.43 Å². The van der Waals surface area contributed by atoms with Crippen molar-refractivity contribution in [2.75, 3.05) is 0 Å². The fraction of sp³-hybridized carbons (Fsp3) is 0.212. The van der Waals surface area contributed by atoms with Crippen LogP contribution in [0.4, 0.5) is 0 Å². The maximum absolute atomic E-state index is 6.90. The first kappa shape index (κ1) is 31.8. The average molecular weight is 665 g/mol. The molecule has 0 aliphatic heterocycles. The van der Waals surface area contributed by atoms with Gasteiger partial charge in [-0.1, -0.05) is 91.8 Å². The van der Waals surface area contributed by atoms with Crippen molar-refractivity contribution in [3.8, 4) is 5.75 Å². The molecule has 39 heavy (non-hydrogen) atoms. The molecule has 6 heteroatoms. The smallest absolute Gasteiger partial charge is 1.00 e. The van der Waals surface area contributed by atoms with Crippen molar-refractivity contribution in [3.05, 3.63) is 91.0 Å². The van der Waals surface area contributed by atoms with Gasteiger partial charge in [0.25, 0.3) is 0 Å². The quantitative estimate of drug-likeness (QED) is 0.197. The van der Waals surface area contributed by atoms with E-state index in [2.05, 4.69) is 124 Å². The van der Waals surface area contributed by atoms with E-state index in [9.17, 15) is 0 Å². The predicted molar refractivity (Wildman–Crippen MR) is 164 cm³/mol. The van der Waals surface area contributed by atoms with Crippen molar-refractivity contribution < 1.29 is 55.4 Å². The minimum atomic E-state index is -2.20. The van der Waals surface area contributed by atoms with Crippen LogP contribution in [0.2, 0.25) is 32.2 Å². The summed E-state index contributed by atoms with van der Waals surface area (Å²) in [6, 6.07) is 35.3. The van der Waals surface area contributed by atoms with Gasteiger partial charge in [0.05, 0.1) is 5.75 Å². The van der Waals surface area contributed by atoms with Crippen molar-refractivity contribution in [3.63, 3.8) is 0 Å². The van der Waals surface area contributed by atoms with Gasteiger partial charge < -0.3 is 29.2 Å². The summed E-state index contributed by atoms with van der Waals surface area (Å²) < 4.78 is 6.90. The molecule has 1 nitrogen and oxygen atoms in total. The molecular formula is C33H34Cl2OSi2Zr. The molecule has 0 heterocycles. The van der Waals surface area contributed by atoms with Gasteiger partial charge in [0.2, 0.25) is 8.32 Å². The summed E-state index contributed by atoms with van der Waals surface area (Å²) in [6.45, 7) is 11.8. The molecule has 0 N–H and O–H groups in total. The summed E-state index contributed by atoms with van der Waals surface area (Å²) in [7, 11) is -4.02. The fourth-order valence-electron chi connectivity index (χ4n) is 6.35. The second kappa shape index (κ2) is 12.0. The fourth-order valence-corrected chi connectivity index (χ4v) is 11.8. The molecule has 6 rings (SSSR count). The monoisotopic (exact) mass is 662 g/mol. The largest absolute Gasteiger partial charge is 4.00 e. The number of hydrogen-bond acceptors (Lipinski definition) is 1. The van der Waals surface area contributed by atoms with Crippen molar-refractivity contribution in [1.29, 1.82) is 0 Å². The molecule has 0 aromatic heterocycles. The Balaban J connectivity index is 0.00000140. The SMILES string of the molecule is CCC[Si](C)(c1cccc2c1[cH-]c1ccccc12)c1c(O[Si](C)(C)C)ccc2c1[cH-]c1ccccc12.[Cl-].[Cl-].[Zr+4]. The molecule has 0 bridgehead atoms. The van der Waals surface area contributed by atoms with Gasteiger partial charge in [0, 0.05) is 8.07 Å². The van der Waals surface area contributed by atoms with E-state index in [0.29, 0.717) is 0 Å². The minimum absolute atomic E-state index is 0. The third-order valence-corrected chi connectivity index (χ3v) is 13.3. The number of hydrogen-bond donors (Lipinski definition) is 0. The van der Waals surface area contributed by atoms with E-state index >= 15 is 0 Å². The van der Waals surface area contributed by atoms with E-state index in [1.807, 2.05) is 0 Å². The Bertz CT molecular complexity index is 1750. The number of benzene rings is 4. The molecule has 0 saturated heterocycles. The van der Waals surface area contributed by atoms with Crippen molar-refractivity contribution in [2.24, 2.45) is 0 Å². The van der Waals surface area contributed by atoms with E-state index in [-0.39, 0.29) is 51.0 Å². The first-order valence-electron chi connectivity index (χ1n) is 13.2. The minimum Gasteiger partial charge on any atom is -1.00 e. The predicted octanol–water partition coefficient (Wildman–Crippen LogP) is 2.56. The Morgan fingerprint density at radius 3 is 1.77 bits per heavy atom. The third kappa shape index (κ3) is 5.48. The van der Waals surface area contributed by atoms with E-state index in [1.165, 1.54) is 59.5 Å². The maximum Gasteiger partial charge on any atom is 4.00 e. The number of fused-ring (bicyclic) bond motifs is 6. The van der Waals surface area contributed by atoms with Crippen LogP contribution in [0, 0.1) is 0 Å². The summed E-state index contributed by atoms with van der Waals surface area (Å²) >= 11 is 0. The Morgan fingerprint density at radius 2 is 1.18 bits per heavy atom. The van der Waals surface area contributed by atoms with Gasteiger partial charge in [-0.2, -0.15) is 0 Å². The molecule has 0 aliphatic rings. The van der Waals surface area contributed by atoms with Crippen LogP contribution in [0.15, 0.2) is 91.0 Å². The molecule has 0 spiro atoms. The van der Waals surface area contributed by atoms with Gasteiger partial charge in [0.15, 0.2) is 0 Å². The van der Waals surface area contributed by atoms with Gasteiger partial charge in [-0.3, -0.25) is 0 Å². The van der Waals surface area contributed by atoms with Crippen LogP contribution in [0.25, 0.3) is 43.1 Å². The molecule has 1 unspecified atom stereocenters. The van der Waals surface area contributed by atoms with Crippen molar-refractivity contribution >= 4 is 69.9 Å². The second-order valence-electron chi connectivity index (χ2n) is 11.4. The molecule has 0 aliphatic carbocycles. The second-order valence-corrected chi connectivity index (χ2v) is 20.1. The summed E-state index contributed by atoms with van der Waals surface area (Å²) in [5.41, 5.74) is 0. The van der Waals surface area contributed by atoms with Gasteiger partial charge in [0.1, 0.15) is 0 Å². The standard InChI is InChI=1S/C33H34OSi2.2ClH.Zr/c1-6-20-36(5,32-17-11-16-27-25-14-9-7-12-23(25)21-29(27)32)33-30-22-24-13-8-10-15-26(24)28(30)18-19-31(33)34-35(2,3)4;;;/h7-19,21-22H,6,20H2,1-5H3;2*1H;/q-2;;;+4/p-2. The average Bonchev–Trinajstić information content (AvgIpc) is 3.41. The van der Waals surface area contributed by atoms with E-state index in [1.54, 1.807) is 0 Å². The third-order valence-electron chi connectivity index (χ3n) is 7.73. The normalized spacial score (nSPS) is 13.1. The molecule has 6 aromatic rings. The van der Waals surface area contributed by atoms with Crippen LogP contribution in [0.3, 0.4) is 0 Å². The summed E-state index contributed by atoms with van der Waals surface area (Å²) in [5.74, 6) is 1.12. The number of halogens is 2. The zero-order chi connectivity index (χ0) is 25.1. The van der Waals surface area contributed by atoms with Gasteiger partial charge in [-0.15, -0.1) is 72.5 Å².